The van der Waals surface area contributed by atoms with Crippen molar-refractivity contribution < 1.29 is 9.53 Å². The number of aryl methyl sites for hydroxylation is 2. The van der Waals surface area contributed by atoms with E-state index in [1.54, 1.807) is 0 Å². The number of nitriles is 1. The van der Waals surface area contributed by atoms with E-state index in [1.165, 1.54) is 11.1 Å². The molecule has 0 fully saturated rings. The lowest BCUT2D eigenvalue weighted by Crippen LogP contribution is -2.26. The molecule has 1 heterocycles. The number of rotatable bonds is 7. The van der Waals surface area contributed by atoms with E-state index in [2.05, 4.69) is 37.3 Å². The summed E-state index contributed by atoms with van der Waals surface area (Å²) >= 11 is 0. The van der Waals surface area contributed by atoms with Crippen LogP contribution in [0, 0.1) is 18.3 Å². The summed E-state index contributed by atoms with van der Waals surface area (Å²) in [6.07, 6.45) is 1.95. The maximum atomic E-state index is 12.8. The van der Waals surface area contributed by atoms with Crippen molar-refractivity contribution in [1.82, 2.24) is 0 Å². The van der Waals surface area contributed by atoms with E-state index in [4.69, 9.17) is 4.74 Å². The van der Waals surface area contributed by atoms with Gasteiger partial charge in [0.15, 0.2) is 0 Å². The van der Waals surface area contributed by atoms with E-state index >= 15 is 0 Å². The van der Waals surface area contributed by atoms with Crippen LogP contribution >= 0.6 is 0 Å². The summed E-state index contributed by atoms with van der Waals surface area (Å²) < 4.78 is 6.31. The number of nitrogens with zero attached hydrogens (tertiary/aromatic N) is 1. The Morgan fingerprint density at radius 1 is 0.969 bits per heavy atom. The molecule has 0 N–H and O–H groups in total. The Morgan fingerprint density at radius 3 is 2.28 bits per heavy atom. The van der Waals surface area contributed by atoms with Crippen LogP contribution in [-0.4, -0.2) is 11.9 Å². The number of hydrogen-bond donors (Lipinski definition) is 0. The zero-order chi connectivity index (χ0) is 22.3. The van der Waals surface area contributed by atoms with Crippen LogP contribution < -0.4 is 0 Å². The van der Waals surface area contributed by atoms with Gasteiger partial charge in [0, 0.05) is 24.3 Å². The molecule has 0 saturated heterocycles. The normalized spacial score (nSPS) is 18.0. The van der Waals surface area contributed by atoms with Crippen molar-refractivity contribution in [2.24, 2.45) is 0 Å². The number of benzene rings is 3. The largest absolute Gasteiger partial charge is 0.488 e. The van der Waals surface area contributed by atoms with Crippen LogP contribution in [0.5, 0.6) is 0 Å². The smallest absolute Gasteiger partial charge is 0.141 e. The van der Waals surface area contributed by atoms with Crippen LogP contribution in [0.1, 0.15) is 47.4 Å². The van der Waals surface area contributed by atoms with Gasteiger partial charge in [-0.3, -0.25) is 4.79 Å². The van der Waals surface area contributed by atoms with E-state index < -0.39 is 0 Å². The van der Waals surface area contributed by atoms with Crippen LogP contribution in [0.2, 0.25) is 0 Å². The number of ketones is 1. The molecule has 0 bridgehead atoms. The molecule has 0 aromatic heterocycles. The summed E-state index contributed by atoms with van der Waals surface area (Å²) in [4.78, 5) is 12.8. The Bertz CT molecular complexity index is 1130. The number of ether oxygens (including phenoxy) is 1. The van der Waals surface area contributed by atoms with Crippen molar-refractivity contribution in [3.8, 4) is 6.07 Å². The fourth-order valence-corrected chi connectivity index (χ4v) is 4.27. The van der Waals surface area contributed by atoms with Crippen molar-refractivity contribution >= 4 is 11.5 Å². The van der Waals surface area contributed by atoms with Gasteiger partial charge in [-0.2, -0.15) is 5.26 Å². The Balaban J connectivity index is 1.58. The highest BCUT2D eigenvalue weighted by Gasteiger charge is 2.33. The first-order valence-electron chi connectivity index (χ1n) is 11.1. The second-order valence-corrected chi connectivity index (χ2v) is 8.39. The molecule has 1 aliphatic rings. The quantitative estimate of drug-likeness (QED) is 0.444. The molecule has 160 valence electrons. The summed E-state index contributed by atoms with van der Waals surface area (Å²) in [6.45, 7) is 2.05. The number of carbonyl (C=O) groups is 1. The van der Waals surface area contributed by atoms with Crippen LogP contribution in [0.4, 0.5) is 0 Å². The minimum Gasteiger partial charge on any atom is -0.488 e. The molecule has 0 radical (unpaired) electrons. The van der Waals surface area contributed by atoms with E-state index in [0.717, 1.165) is 17.5 Å². The van der Waals surface area contributed by atoms with Gasteiger partial charge < -0.3 is 4.74 Å². The second kappa shape index (κ2) is 10.1. The predicted octanol–water partition coefficient (Wildman–Crippen LogP) is 6.39. The first-order chi connectivity index (χ1) is 15.6. The molecule has 3 aromatic carbocycles. The SMILES string of the molecule is Cc1ccc([C@@H]2C[C@@H](CC(=O)CCc3ccccc3)OC(c3ccccc3)=C2C#N)cc1. The molecule has 4 rings (SSSR count). The van der Waals surface area contributed by atoms with Crippen LogP contribution in [0.3, 0.4) is 0 Å². The summed E-state index contributed by atoms with van der Waals surface area (Å²) in [6, 6.07) is 30.5. The Labute approximate surface area is 190 Å². The Hall–Kier alpha value is -3.64. The third-order valence-electron chi connectivity index (χ3n) is 6.00. The van der Waals surface area contributed by atoms with Crippen molar-refractivity contribution in [3.63, 3.8) is 0 Å². The minimum absolute atomic E-state index is 0.0866. The molecule has 3 aromatic rings. The van der Waals surface area contributed by atoms with Gasteiger partial charge in [0.25, 0.3) is 0 Å². The van der Waals surface area contributed by atoms with Crippen LogP contribution in [-0.2, 0) is 16.0 Å². The minimum atomic E-state index is -0.253. The van der Waals surface area contributed by atoms with Gasteiger partial charge in [0.05, 0.1) is 11.6 Å². The van der Waals surface area contributed by atoms with E-state index in [0.29, 0.717) is 30.6 Å². The first-order valence-corrected chi connectivity index (χ1v) is 11.1. The molecule has 3 heteroatoms. The topological polar surface area (TPSA) is 50.1 Å². The van der Waals surface area contributed by atoms with Gasteiger partial charge in [-0.05, 0) is 30.9 Å². The van der Waals surface area contributed by atoms with Gasteiger partial charge in [0.2, 0.25) is 0 Å². The molecule has 0 aliphatic carbocycles. The Morgan fingerprint density at radius 2 is 1.62 bits per heavy atom. The zero-order valence-electron chi connectivity index (χ0n) is 18.3. The highest BCUT2D eigenvalue weighted by molar-refractivity contribution is 5.79. The molecule has 0 amide bonds. The van der Waals surface area contributed by atoms with Crippen molar-refractivity contribution in [2.75, 3.05) is 0 Å². The molecular weight excluding hydrogens is 394 g/mol. The highest BCUT2D eigenvalue weighted by atomic mass is 16.5. The lowest BCUT2D eigenvalue weighted by atomic mass is 9.82. The van der Waals surface area contributed by atoms with Crippen LogP contribution in [0.15, 0.2) is 90.5 Å². The van der Waals surface area contributed by atoms with Crippen molar-refractivity contribution in [3.05, 3.63) is 113 Å². The van der Waals surface area contributed by atoms with Crippen molar-refractivity contribution in [1.29, 1.82) is 5.26 Å². The van der Waals surface area contributed by atoms with Gasteiger partial charge in [-0.1, -0.05) is 90.5 Å². The van der Waals surface area contributed by atoms with Gasteiger partial charge in [-0.25, -0.2) is 0 Å². The average molecular weight is 422 g/mol. The summed E-state index contributed by atoms with van der Waals surface area (Å²) in [5.74, 6) is 0.705. The monoisotopic (exact) mass is 421 g/mol. The standard InChI is InChI=1S/C29H27NO2/c1-21-12-15-23(16-13-21)27-19-26(18-25(31)17-14-22-8-4-2-5-9-22)32-29(28(27)20-30)24-10-6-3-7-11-24/h2-13,15-16,26-27H,14,17-19H2,1H3/t26-,27+/m1/s1. The average Bonchev–Trinajstić information content (AvgIpc) is 2.84. The molecule has 0 spiro atoms. The summed E-state index contributed by atoms with van der Waals surface area (Å²) in [5, 5.41) is 10.0. The molecule has 0 unspecified atom stereocenters. The van der Waals surface area contributed by atoms with Crippen LogP contribution in [0.25, 0.3) is 5.76 Å². The van der Waals surface area contributed by atoms with Crippen molar-refractivity contribution in [2.45, 2.75) is 44.6 Å². The van der Waals surface area contributed by atoms with Gasteiger partial charge in [0.1, 0.15) is 17.6 Å². The fraction of sp³-hybridized carbons (Fsp3) is 0.241. The molecule has 32 heavy (non-hydrogen) atoms. The number of hydrogen-bond acceptors (Lipinski definition) is 3. The third kappa shape index (κ3) is 5.15. The number of allylic oxidation sites excluding steroid dienone is 1. The maximum Gasteiger partial charge on any atom is 0.141 e. The fourth-order valence-electron chi connectivity index (χ4n) is 4.27. The molecule has 1 aliphatic heterocycles. The first kappa shape index (κ1) is 21.6. The third-order valence-corrected chi connectivity index (χ3v) is 6.00. The summed E-state index contributed by atoms with van der Waals surface area (Å²) in [7, 11) is 0. The molecule has 2 atom stereocenters. The molecular formula is C29H27NO2. The predicted molar refractivity (Wildman–Crippen MR) is 127 cm³/mol. The zero-order valence-corrected chi connectivity index (χ0v) is 18.3. The highest BCUT2D eigenvalue weighted by Crippen LogP contribution is 2.41. The Kier molecular flexibility index (Phi) is 6.82. The lowest BCUT2D eigenvalue weighted by Gasteiger charge is -2.32. The van der Waals surface area contributed by atoms with E-state index in [1.807, 2.05) is 60.7 Å². The lowest BCUT2D eigenvalue weighted by molar-refractivity contribution is -0.121. The molecule has 3 nitrogen and oxygen atoms in total. The summed E-state index contributed by atoms with van der Waals surface area (Å²) in [5.41, 5.74) is 4.94. The second-order valence-electron chi connectivity index (χ2n) is 8.39. The maximum absolute atomic E-state index is 12.8. The van der Waals surface area contributed by atoms with Gasteiger partial charge >= 0.3 is 0 Å². The van der Waals surface area contributed by atoms with E-state index in [-0.39, 0.29) is 17.8 Å². The molecule has 0 saturated carbocycles. The number of carbonyl (C=O) groups excluding carboxylic acids is 1. The van der Waals surface area contributed by atoms with Gasteiger partial charge in [-0.15, -0.1) is 0 Å². The number of Topliss-reactive ketones (excluding diaryl/α,β-unsaturated/α-hetero) is 1. The van der Waals surface area contributed by atoms with E-state index in [9.17, 15) is 10.1 Å².